The monoisotopic (exact) mass is 250 g/mol. The molecular formula is C14H19FN2O. The van der Waals surface area contributed by atoms with Crippen LogP contribution in [-0.2, 0) is 0 Å². The number of amides is 1. The van der Waals surface area contributed by atoms with E-state index in [2.05, 4.69) is 5.32 Å². The van der Waals surface area contributed by atoms with Gasteiger partial charge in [0.05, 0.1) is 0 Å². The van der Waals surface area contributed by atoms with Gasteiger partial charge in [-0.1, -0.05) is 0 Å². The average molecular weight is 250 g/mol. The number of hydrogen-bond donors (Lipinski definition) is 2. The predicted octanol–water partition coefficient (Wildman–Crippen LogP) is 1.99. The first-order valence-electron chi connectivity index (χ1n) is 6.36. The molecule has 0 saturated heterocycles. The van der Waals surface area contributed by atoms with E-state index >= 15 is 0 Å². The van der Waals surface area contributed by atoms with Gasteiger partial charge in [-0.2, -0.15) is 0 Å². The average Bonchev–Trinajstić information content (AvgIpc) is 2.72. The summed E-state index contributed by atoms with van der Waals surface area (Å²) < 4.78 is 12.9. The fourth-order valence-electron chi connectivity index (χ4n) is 2.51. The minimum absolute atomic E-state index is 0.132. The third kappa shape index (κ3) is 3.07. The number of nitrogens with two attached hydrogens (primary N) is 1. The van der Waals surface area contributed by atoms with Gasteiger partial charge >= 0.3 is 0 Å². The van der Waals surface area contributed by atoms with Crippen LogP contribution in [0.5, 0.6) is 0 Å². The van der Waals surface area contributed by atoms with Crippen LogP contribution in [0.3, 0.4) is 0 Å². The summed E-state index contributed by atoms with van der Waals surface area (Å²) in [6.45, 7) is 2.40. The number of carbonyl (C=O) groups is 1. The number of halogens is 1. The molecule has 2 atom stereocenters. The molecule has 1 aliphatic rings. The second-order valence-electron chi connectivity index (χ2n) is 5.11. The smallest absolute Gasteiger partial charge is 0.251 e. The van der Waals surface area contributed by atoms with Gasteiger partial charge in [0.15, 0.2) is 0 Å². The van der Waals surface area contributed by atoms with Gasteiger partial charge in [-0.25, -0.2) is 4.39 Å². The molecule has 1 aromatic carbocycles. The topological polar surface area (TPSA) is 55.1 Å². The van der Waals surface area contributed by atoms with Gasteiger partial charge in [0.25, 0.3) is 5.91 Å². The number of nitrogens with one attached hydrogen (secondary N) is 1. The van der Waals surface area contributed by atoms with E-state index in [1.165, 1.54) is 18.2 Å². The fourth-order valence-corrected chi connectivity index (χ4v) is 2.51. The summed E-state index contributed by atoms with van der Waals surface area (Å²) in [6, 6.07) is 4.49. The molecule has 0 spiro atoms. The van der Waals surface area contributed by atoms with Gasteiger partial charge < -0.3 is 11.1 Å². The van der Waals surface area contributed by atoms with E-state index < -0.39 is 0 Å². The van der Waals surface area contributed by atoms with Crippen molar-refractivity contribution in [2.45, 2.75) is 32.2 Å². The molecular weight excluding hydrogens is 231 g/mol. The Balaban J connectivity index is 1.91. The summed E-state index contributed by atoms with van der Waals surface area (Å²) in [5.74, 6) is 0.0310. The largest absolute Gasteiger partial charge is 0.352 e. The minimum atomic E-state index is -0.314. The standard InChI is InChI=1S/C14H19FN2O/c1-9-6-11(15)3-5-13(9)14(18)17-8-10-2-4-12(16)7-10/h3,5-6,10,12H,2,4,7-8,16H2,1H3,(H,17,18). The highest BCUT2D eigenvalue weighted by Crippen LogP contribution is 2.23. The molecule has 1 fully saturated rings. The molecule has 2 unspecified atom stereocenters. The molecule has 0 radical (unpaired) electrons. The quantitative estimate of drug-likeness (QED) is 0.862. The van der Waals surface area contributed by atoms with E-state index in [0.29, 0.717) is 23.6 Å². The third-order valence-electron chi connectivity index (χ3n) is 3.57. The highest BCUT2D eigenvalue weighted by Gasteiger charge is 2.22. The van der Waals surface area contributed by atoms with E-state index in [1.54, 1.807) is 6.92 Å². The number of benzene rings is 1. The first-order chi connectivity index (χ1) is 8.56. The van der Waals surface area contributed by atoms with Crippen molar-refractivity contribution in [3.63, 3.8) is 0 Å². The van der Waals surface area contributed by atoms with Crippen LogP contribution in [0, 0.1) is 18.7 Å². The van der Waals surface area contributed by atoms with Crippen LogP contribution < -0.4 is 11.1 Å². The molecule has 0 aliphatic heterocycles. The van der Waals surface area contributed by atoms with Gasteiger partial charge in [-0.3, -0.25) is 4.79 Å². The van der Waals surface area contributed by atoms with Crippen LogP contribution in [0.25, 0.3) is 0 Å². The SMILES string of the molecule is Cc1cc(F)ccc1C(=O)NCC1CCC(N)C1. The number of hydrogen-bond acceptors (Lipinski definition) is 2. The third-order valence-corrected chi connectivity index (χ3v) is 3.57. The molecule has 3 N–H and O–H groups in total. The normalized spacial score (nSPS) is 23.1. The zero-order valence-corrected chi connectivity index (χ0v) is 10.6. The van der Waals surface area contributed by atoms with Crippen molar-refractivity contribution in [1.29, 1.82) is 0 Å². The van der Waals surface area contributed by atoms with Crippen molar-refractivity contribution < 1.29 is 9.18 Å². The lowest BCUT2D eigenvalue weighted by atomic mass is 10.1. The highest BCUT2D eigenvalue weighted by atomic mass is 19.1. The number of aryl methyl sites for hydroxylation is 1. The Hall–Kier alpha value is -1.42. The Bertz CT molecular complexity index is 447. The summed E-state index contributed by atoms with van der Waals surface area (Å²) >= 11 is 0. The molecule has 1 saturated carbocycles. The van der Waals surface area contributed by atoms with Crippen molar-refractivity contribution in [2.24, 2.45) is 11.7 Å². The molecule has 98 valence electrons. The Kier molecular flexibility index (Phi) is 3.97. The molecule has 1 aromatic rings. The molecule has 0 heterocycles. The maximum atomic E-state index is 12.9. The van der Waals surface area contributed by atoms with Crippen molar-refractivity contribution in [2.75, 3.05) is 6.54 Å². The Morgan fingerprint density at radius 3 is 2.89 bits per heavy atom. The first-order valence-corrected chi connectivity index (χ1v) is 6.36. The van der Waals surface area contributed by atoms with Gasteiger partial charge in [0, 0.05) is 18.2 Å². The summed E-state index contributed by atoms with van der Waals surface area (Å²) in [5.41, 5.74) is 7.03. The van der Waals surface area contributed by atoms with Gasteiger partial charge in [-0.15, -0.1) is 0 Å². The Morgan fingerprint density at radius 2 is 2.28 bits per heavy atom. The molecule has 18 heavy (non-hydrogen) atoms. The lowest BCUT2D eigenvalue weighted by molar-refractivity contribution is 0.0946. The van der Waals surface area contributed by atoms with Crippen LogP contribution in [0.15, 0.2) is 18.2 Å². The molecule has 1 amide bonds. The highest BCUT2D eigenvalue weighted by molar-refractivity contribution is 5.95. The maximum Gasteiger partial charge on any atom is 0.251 e. The lowest BCUT2D eigenvalue weighted by Crippen LogP contribution is -2.29. The zero-order valence-electron chi connectivity index (χ0n) is 10.6. The van der Waals surface area contributed by atoms with Crippen LogP contribution >= 0.6 is 0 Å². The van der Waals surface area contributed by atoms with Crippen molar-refractivity contribution in [3.05, 3.63) is 35.1 Å². The van der Waals surface area contributed by atoms with E-state index in [0.717, 1.165) is 19.3 Å². The van der Waals surface area contributed by atoms with Gasteiger partial charge in [-0.05, 0) is 55.9 Å². The van der Waals surface area contributed by atoms with Crippen molar-refractivity contribution in [1.82, 2.24) is 5.32 Å². The van der Waals surface area contributed by atoms with E-state index in [-0.39, 0.29) is 17.8 Å². The molecule has 3 nitrogen and oxygen atoms in total. The minimum Gasteiger partial charge on any atom is -0.352 e. The summed E-state index contributed by atoms with van der Waals surface area (Å²) in [5, 5.41) is 2.90. The summed E-state index contributed by atoms with van der Waals surface area (Å²) in [4.78, 5) is 12.0. The van der Waals surface area contributed by atoms with Gasteiger partial charge in [0.2, 0.25) is 0 Å². The van der Waals surface area contributed by atoms with Crippen molar-refractivity contribution in [3.8, 4) is 0 Å². The van der Waals surface area contributed by atoms with E-state index in [4.69, 9.17) is 5.73 Å². The fraction of sp³-hybridized carbons (Fsp3) is 0.500. The van der Waals surface area contributed by atoms with Gasteiger partial charge in [0.1, 0.15) is 5.82 Å². The van der Waals surface area contributed by atoms with E-state index in [9.17, 15) is 9.18 Å². The predicted molar refractivity (Wildman–Crippen MR) is 68.8 cm³/mol. The Labute approximate surface area is 107 Å². The molecule has 2 rings (SSSR count). The van der Waals surface area contributed by atoms with Crippen LogP contribution in [-0.4, -0.2) is 18.5 Å². The molecule has 0 bridgehead atoms. The summed E-state index contributed by atoms with van der Waals surface area (Å²) in [7, 11) is 0. The molecule has 0 aromatic heterocycles. The van der Waals surface area contributed by atoms with Crippen LogP contribution in [0.4, 0.5) is 4.39 Å². The zero-order chi connectivity index (χ0) is 13.1. The molecule has 4 heteroatoms. The van der Waals surface area contributed by atoms with Crippen molar-refractivity contribution >= 4 is 5.91 Å². The second kappa shape index (κ2) is 5.48. The number of rotatable bonds is 3. The lowest BCUT2D eigenvalue weighted by Gasteiger charge is -2.12. The Morgan fingerprint density at radius 1 is 1.50 bits per heavy atom. The number of carbonyl (C=O) groups excluding carboxylic acids is 1. The second-order valence-corrected chi connectivity index (χ2v) is 5.11. The first kappa shape index (κ1) is 13.0. The summed E-state index contributed by atoms with van der Waals surface area (Å²) in [6.07, 6.45) is 3.09. The van der Waals surface area contributed by atoms with Crippen LogP contribution in [0.1, 0.15) is 35.2 Å². The maximum absolute atomic E-state index is 12.9. The van der Waals surface area contributed by atoms with E-state index in [1.807, 2.05) is 0 Å². The van der Waals surface area contributed by atoms with Crippen LogP contribution in [0.2, 0.25) is 0 Å². The molecule has 1 aliphatic carbocycles.